The Bertz CT molecular complexity index is 527. The van der Waals surface area contributed by atoms with Gasteiger partial charge in [0.15, 0.2) is 0 Å². The van der Waals surface area contributed by atoms with Crippen LogP contribution in [0.2, 0.25) is 0 Å². The van der Waals surface area contributed by atoms with Crippen molar-refractivity contribution >= 4 is 17.8 Å². The highest BCUT2D eigenvalue weighted by atomic mass is 16.4. The van der Waals surface area contributed by atoms with Gasteiger partial charge in [0.05, 0.1) is 0 Å². The lowest BCUT2D eigenvalue weighted by atomic mass is 10.2. The third-order valence-electron chi connectivity index (χ3n) is 2.94. The molecule has 0 atom stereocenters. The molecule has 0 spiro atoms. The SMILES string of the molecule is CCN(CC)C(=O)CCNC(=O)c1cccc(C(=O)O)n1. The number of carboxylic acids is 1. The molecule has 0 aromatic carbocycles. The number of hydrogen-bond donors (Lipinski definition) is 2. The van der Waals surface area contributed by atoms with E-state index in [2.05, 4.69) is 10.3 Å². The van der Waals surface area contributed by atoms with Crippen LogP contribution in [0.25, 0.3) is 0 Å². The molecule has 1 rings (SSSR count). The van der Waals surface area contributed by atoms with Crippen molar-refractivity contribution in [1.82, 2.24) is 15.2 Å². The third-order valence-corrected chi connectivity index (χ3v) is 2.94. The Morgan fingerprint density at radius 2 is 1.81 bits per heavy atom. The van der Waals surface area contributed by atoms with E-state index in [-0.39, 0.29) is 30.3 Å². The number of carboxylic acid groups (broad SMARTS) is 1. The summed E-state index contributed by atoms with van der Waals surface area (Å²) < 4.78 is 0. The molecular formula is C14H19N3O4. The smallest absolute Gasteiger partial charge is 0.354 e. The minimum Gasteiger partial charge on any atom is -0.477 e. The Balaban J connectivity index is 2.53. The number of carbonyl (C=O) groups is 3. The van der Waals surface area contributed by atoms with E-state index >= 15 is 0 Å². The van der Waals surface area contributed by atoms with Crippen LogP contribution in [0, 0.1) is 0 Å². The molecule has 2 amide bonds. The molecular weight excluding hydrogens is 274 g/mol. The lowest BCUT2D eigenvalue weighted by Crippen LogP contribution is -2.34. The number of aromatic carboxylic acids is 1. The quantitative estimate of drug-likeness (QED) is 0.773. The summed E-state index contributed by atoms with van der Waals surface area (Å²) in [5.41, 5.74) is -0.174. The lowest BCUT2D eigenvalue weighted by molar-refractivity contribution is -0.130. The zero-order valence-corrected chi connectivity index (χ0v) is 12.1. The average Bonchev–Trinajstić information content (AvgIpc) is 2.48. The van der Waals surface area contributed by atoms with Crippen LogP contribution in [0.15, 0.2) is 18.2 Å². The number of pyridine rings is 1. The summed E-state index contributed by atoms with van der Waals surface area (Å²) in [5, 5.41) is 11.4. The van der Waals surface area contributed by atoms with Crippen LogP contribution >= 0.6 is 0 Å². The Kier molecular flexibility index (Phi) is 6.32. The molecule has 1 aromatic rings. The van der Waals surface area contributed by atoms with Crippen LogP contribution in [0.1, 0.15) is 41.2 Å². The van der Waals surface area contributed by atoms with E-state index < -0.39 is 11.9 Å². The van der Waals surface area contributed by atoms with Gasteiger partial charge in [-0.3, -0.25) is 9.59 Å². The number of nitrogens with one attached hydrogen (secondary N) is 1. The molecule has 7 heteroatoms. The van der Waals surface area contributed by atoms with Gasteiger partial charge in [-0.15, -0.1) is 0 Å². The van der Waals surface area contributed by atoms with Crippen LogP contribution < -0.4 is 5.32 Å². The number of rotatable bonds is 7. The van der Waals surface area contributed by atoms with Crippen molar-refractivity contribution in [2.24, 2.45) is 0 Å². The Labute approximate surface area is 123 Å². The first-order valence-electron chi connectivity index (χ1n) is 6.75. The molecule has 0 bridgehead atoms. The first-order valence-corrected chi connectivity index (χ1v) is 6.75. The fourth-order valence-corrected chi connectivity index (χ4v) is 1.79. The van der Waals surface area contributed by atoms with Gasteiger partial charge >= 0.3 is 5.97 Å². The van der Waals surface area contributed by atoms with Crippen molar-refractivity contribution in [3.63, 3.8) is 0 Å². The van der Waals surface area contributed by atoms with E-state index in [1.165, 1.54) is 18.2 Å². The van der Waals surface area contributed by atoms with Crippen molar-refractivity contribution in [2.45, 2.75) is 20.3 Å². The van der Waals surface area contributed by atoms with Crippen LogP contribution in [0.4, 0.5) is 0 Å². The van der Waals surface area contributed by atoms with Crippen molar-refractivity contribution in [3.05, 3.63) is 29.6 Å². The Hall–Kier alpha value is -2.44. The molecule has 0 unspecified atom stereocenters. The normalized spacial score (nSPS) is 10.0. The van der Waals surface area contributed by atoms with Crippen molar-refractivity contribution in [2.75, 3.05) is 19.6 Å². The lowest BCUT2D eigenvalue weighted by Gasteiger charge is -2.18. The van der Waals surface area contributed by atoms with Crippen molar-refractivity contribution in [1.29, 1.82) is 0 Å². The van der Waals surface area contributed by atoms with Gasteiger partial charge in [0, 0.05) is 26.1 Å². The number of aromatic nitrogens is 1. The number of nitrogens with zero attached hydrogens (tertiary/aromatic N) is 2. The molecule has 0 saturated carbocycles. The van der Waals surface area contributed by atoms with Crippen LogP contribution in [-0.2, 0) is 4.79 Å². The molecule has 7 nitrogen and oxygen atoms in total. The fraction of sp³-hybridized carbons (Fsp3) is 0.429. The van der Waals surface area contributed by atoms with E-state index in [0.29, 0.717) is 13.1 Å². The Morgan fingerprint density at radius 3 is 2.38 bits per heavy atom. The monoisotopic (exact) mass is 293 g/mol. The maximum absolute atomic E-state index is 11.8. The summed E-state index contributed by atoms with van der Waals surface area (Å²) >= 11 is 0. The van der Waals surface area contributed by atoms with Gasteiger partial charge in [-0.05, 0) is 26.0 Å². The van der Waals surface area contributed by atoms with Crippen LogP contribution in [0.5, 0.6) is 0 Å². The molecule has 114 valence electrons. The van der Waals surface area contributed by atoms with E-state index in [0.717, 1.165) is 0 Å². The van der Waals surface area contributed by atoms with Crippen molar-refractivity contribution in [3.8, 4) is 0 Å². The summed E-state index contributed by atoms with van der Waals surface area (Å²) in [4.78, 5) is 39.7. The molecule has 2 N–H and O–H groups in total. The van der Waals surface area contributed by atoms with Crippen LogP contribution in [-0.4, -0.2) is 52.4 Å². The van der Waals surface area contributed by atoms with E-state index in [9.17, 15) is 14.4 Å². The minimum atomic E-state index is -1.19. The number of carbonyl (C=O) groups excluding carboxylic acids is 2. The second-order valence-corrected chi connectivity index (χ2v) is 4.29. The topological polar surface area (TPSA) is 99.6 Å². The predicted octanol–water partition coefficient (Wildman–Crippen LogP) is 0.768. The molecule has 0 aliphatic carbocycles. The summed E-state index contributed by atoms with van der Waals surface area (Å²) in [5.74, 6) is -1.72. The van der Waals surface area contributed by atoms with Gasteiger partial charge in [0.1, 0.15) is 11.4 Å². The summed E-state index contributed by atoms with van der Waals surface area (Å²) in [6.45, 7) is 5.23. The zero-order valence-electron chi connectivity index (χ0n) is 12.1. The second kappa shape index (κ2) is 7.98. The summed E-state index contributed by atoms with van der Waals surface area (Å²) in [6.07, 6.45) is 0.200. The second-order valence-electron chi connectivity index (χ2n) is 4.29. The molecule has 0 fully saturated rings. The molecule has 0 aliphatic rings. The molecule has 0 saturated heterocycles. The first kappa shape index (κ1) is 16.6. The van der Waals surface area contributed by atoms with E-state index in [4.69, 9.17) is 5.11 Å². The summed E-state index contributed by atoms with van der Waals surface area (Å²) in [6, 6.07) is 4.18. The number of hydrogen-bond acceptors (Lipinski definition) is 4. The molecule has 21 heavy (non-hydrogen) atoms. The van der Waals surface area contributed by atoms with Gasteiger partial charge in [-0.2, -0.15) is 0 Å². The largest absolute Gasteiger partial charge is 0.477 e. The predicted molar refractivity (Wildman–Crippen MR) is 76.1 cm³/mol. The molecule has 1 heterocycles. The Morgan fingerprint density at radius 1 is 1.19 bits per heavy atom. The average molecular weight is 293 g/mol. The zero-order chi connectivity index (χ0) is 15.8. The minimum absolute atomic E-state index is 0.0187. The third kappa shape index (κ3) is 4.87. The highest BCUT2D eigenvalue weighted by molar-refractivity contribution is 5.94. The molecule has 0 radical (unpaired) electrons. The standard InChI is InChI=1S/C14H19N3O4/c1-3-17(4-2)12(18)8-9-15-13(19)10-6-5-7-11(16-10)14(20)21/h5-7H,3-4,8-9H2,1-2H3,(H,15,19)(H,20,21). The maximum atomic E-state index is 11.8. The van der Waals surface area contributed by atoms with E-state index in [1.807, 2.05) is 13.8 Å². The fourth-order valence-electron chi connectivity index (χ4n) is 1.79. The van der Waals surface area contributed by atoms with Gasteiger partial charge in [0.25, 0.3) is 5.91 Å². The van der Waals surface area contributed by atoms with Gasteiger partial charge in [0.2, 0.25) is 5.91 Å². The number of amides is 2. The first-order chi connectivity index (χ1) is 9.99. The van der Waals surface area contributed by atoms with Crippen LogP contribution in [0.3, 0.4) is 0 Å². The van der Waals surface area contributed by atoms with Gasteiger partial charge < -0.3 is 15.3 Å². The van der Waals surface area contributed by atoms with Crippen molar-refractivity contribution < 1.29 is 19.5 Å². The molecule has 1 aromatic heterocycles. The van der Waals surface area contributed by atoms with E-state index in [1.54, 1.807) is 4.90 Å². The van der Waals surface area contributed by atoms with Gasteiger partial charge in [-0.25, -0.2) is 9.78 Å². The highest BCUT2D eigenvalue weighted by Crippen LogP contribution is 2.00. The molecule has 0 aliphatic heterocycles. The summed E-state index contributed by atoms with van der Waals surface area (Å²) in [7, 11) is 0. The highest BCUT2D eigenvalue weighted by Gasteiger charge is 2.13. The maximum Gasteiger partial charge on any atom is 0.354 e. The van der Waals surface area contributed by atoms with Gasteiger partial charge in [-0.1, -0.05) is 6.07 Å².